The van der Waals surface area contributed by atoms with Gasteiger partial charge in [-0.05, 0) is 25.8 Å². The van der Waals surface area contributed by atoms with Gasteiger partial charge in [-0.3, -0.25) is 4.21 Å². The first-order chi connectivity index (χ1) is 6.24. The van der Waals surface area contributed by atoms with Crippen LogP contribution in [0.3, 0.4) is 0 Å². The maximum atomic E-state index is 11.4. The highest BCUT2D eigenvalue weighted by atomic mass is 32.2. The van der Waals surface area contributed by atoms with Gasteiger partial charge in [-0.1, -0.05) is 20.8 Å². The van der Waals surface area contributed by atoms with Gasteiger partial charge in [0.2, 0.25) is 0 Å². The van der Waals surface area contributed by atoms with Gasteiger partial charge in [0, 0.05) is 28.3 Å². The predicted octanol–water partition coefficient (Wildman–Crippen LogP) is 1.92. The molecule has 80 valence electrons. The molecule has 0 saturated carbocycles. The van der Waals surface area contributed by atoms with Gasteiger partial charge in [0.25, 0.3) is 0 Å². The molecule has 0 spiro atoms. The van der Waals surface area contributed by atoms with E-state index in [1.54, 1.807) is 0 Å². The lowest BCUT2D eigenvalue weighted by molar-refractivity contribution is 0.533. The highest BCUT2D eigenvalue weighted by Gasteiger charge is 2.08. The molecule has 0 aromatic rings. The zero-order valence-corrected chi connectivity index (χ0v) is 9.95. The van der Waals surface area contributed by atoms with Crippen LogP contribution in [0.4, 0.5) is 0 Å². The summed E-state index contributed by atoms with van der Waals surface area (Å²) in [6.07, 6.45) is 3.25. The summed E-state index contributed by atoms with van der Waals surface area (Å²) < 4.78 is 11.4. The van der Waals surface area contributed by atoms with Crippen LogP contribution in [0.15, 0.2) is 0 Å². The molecule has 0 aromatic carbocycles. The Hall–Kier alpha value is 0.110. The number of nitrogens with one attached hydrogen (secondary N) is 1. The number of rotatable bonds is 8. The Bertz CT molecular complexity index is 139. The molecule has 2 unspecified atom stereocenters. The molecule has 0 amide bonds. The fourth-order valence-electron chi connectivity index (χ4n) is 1.20. The molecule has 3 heteroatoms. The van der Waals surface area contributed by atoms with Crippen molar-refractivity contribution in [3.8, 4) is 0 Å². The van der Waals surface area contributed by atoms with Crippen LogP contribution in [-0.2, 0) is 10.8 Å². The van der Waals surface area contributed by atoms with Crippen LogP contribution in [0.2, 0.25) is 0 Å². The van der Waals surface area contributed by atoms with Crippen LogP contribution >= 0.6 is 0 Å². The first-order valence-electron chi connectivity index (χ1n) is 5.32. The fourth-order valence-corrected chi connectivity index (χ4v) is 2.63. The Morgan fingerprint density at radius 1 is 1.23 bits per heavy atom. The van der Waals surface area contributed by atoms with Gasteiger partial charge in [-0.2, -0.15) is 0 Å². The van der Waals surface area contributed by atoms with E-state index in [9.17, 15) is 4.21 Å². The summed E-state index contributed by atoms with van der Waals surface area (Å²) in [5, 5.41) is 3.42. The molecule has 0 saturated heterocycles. The standard InChI is InChI=1S/C10H23NOS/c1-4-7-11-10(6-3)9-13(12)8-5-2/h10-11H,4-9H2,1-3H3. The van der Waals surface area contributed by atoms with E-state index in [2.05, 4.69) is 26.1 Å². The van der Waals surface area contributed by atoms with Gasteiger partial charge in [0.1, 0.15) is 0 Å². The Morgan fingerprint density at radius 2 is 1.92 bits per heavy atom. The van der Waals surface area contributed by atoms with Crippen molar-refractivity contribution in [2.24, 2.45) is 0 Å². The van der Waals surface area contributed by atoms with Gasteiger partial charge in [-0.15, -0.1) is 0 Å². The average molecular weight is 205 g/mol. The van der Waals surface area contributed by atoms with Crippen molar-refractivity contribution in [3.63, 3.8) is 0 Å². The lowest BCUT2D eigenvalue weighted by Gasteiger charge is -2.15. The monoisotopic (exact) mass is 205 g/mol. The highest BCUT2D eigenvalue weighted by molar-refractivity contribution is 7.85. The second kappa shape index (κ2) is 8.70. The Kier molecular flexibility index (Phi) is 8.77. The third-order valence-corrected chi connectivity index (χ3v) is 3.63. The SMILES string of the molecule is CCCNC(CC)CS(=O)CCC. The van der Waals surface area contributed by atoms with E-state index in [0.29, 0.717) is 6.04 Å². The van der Waals surface area contributed by atoms with Crippen LogP contribution < -0.4 is 5.32 Å². The second-order valence-electron chi connectivity index (χ2n) is 3.37. The van der Waals surface area contributed by atoms with E-state index < -0.39 is 10.8 Å². The lowest BCUT2D eigenvalue weighted by Crippen LogP contribution is -2.34. The minimum absolute atomic E-state index is 0.451. The summed E-state index contributed by atoms with van der Waals surface area (Å²) >= 11 is 0. The van der Waals surface area contributed by atoms with E-state index in [1.807, 2.05) is 0 Å². The van der Waals surface area contributed by atoms with Crippen molar-refractivity contribution in [2.75, 3.05) is 18.1 Å². The Morgan fingerprint density at radius 3 is 2.38 bits per heavy atom. The third-order valence-electron chi connectivity index (χ3n) is 1.99. The van der Waals surface area contributed by atoms with E-state index >= 15 is 0 Å². The highest BCUT2D eigenvalue weighted by Crippen LogP contribution is 1.96. The summed E-state index contributed by atoms with van der Waals surface area (Å²) in [5.41, 5.74) is 0. The zero-order chi connectivity index (χ0) is 10.1. The molecule has 0 fully saturated rings. The summed E-state index contributed by atoms with van der Waals surface area (Å²) in [5.74, 6) is 1.68. The maximum absolute atomic E-state index is 11.4. The zero-order valence-electron chi connectivity index (χ0n) is 9.14. The summed E-state index contributed by atoms with van der Waals surface area (Å²) in [4.78, 5) is 0. The molecule has 0 heterocycles. The molecular weight excluding hydrogens is 182 g/mol. The van der Waals surface area contributed by atoms with Crippen molar-refractivity contribution in [3.05, 3.63) is 0 Å². The first-order valence-corrected chi connectivity index (χ1v) is 6.81. The van der Waals surface area contributed by atoms with Gasteiger partial charge < -0.3 is 5.32 Å². The van der Waals surface area contributed by atoms with Crippen molar-refractivity contribution in [1.29, 1.82) is 0 Å². The molecule has 2 atom stereocenters. The topological polar surface area (TPSA) is 29.1 Å². The summed E-state index contributed by atoms with van der Waals surface area (Å²) in [6.45, 7) is 7.43. The van der Waals surface area contributed by atoms with Gasteiger partial charge in [-0.25, -0.2) is 0 Å². The average Bonchev–Trinajstić information content (AvgIpc) is 2.12. The van der Waals surface area contributed by atoms with E-state index in [0.717, 1.165) is 37.3 Å². The summed E-state index contributed by atoms with van der Waals surface area (Å²) in [7, 11) is -0.616. The van der Waals surface area contributed by atoms with Crippen LogP contribution in [0.1, 0.15) is 40.0 Å². The Labute approximate surface area is 84.9 Å². The third kappa shape index (κ3) is 7.20. The minimum Gasteiger partial charge on any atom is -0.313 e. The molecule has 0 bridgehead atoms. The Balaban J connectivity index is 3.62. The van der Waals surface area contributed by atoms with Gasteiger partial charge >= 0.3 is 0 Å². The lowest BCUT2D eigenvalue weighted by atomic mass is 10.2. The number of hydrogen-bond acceptors (Lipinski definition) is 2. The summed E-state index contributed by atoms with van der Waals surface area (Å²) in [6, 6.07) is 0.451. The molecule has 0 radical (unpaired) electrons. The van der Waals surface area contributed by atoms with Crippen molar-refractivity contribution < 1.29 is 4.21 Å². The molecular formula is C10H23NOS. The molecule has 13 heavy (non-hydrogen) atoms. The minimum atomic E-state index is -0.616. The first kappa shape index (κ1) is 13.1. The molecule has 0 aliphatic rings. The van der Waals surface area contributed by atoms with E-state index in [4.69, 9.17) is 0 Å². The van der Waals surface area contributed by atoms with Crippen molar-refractivity contribution >= 4 is 10.8 Å². The smallest absolute Gasteiger partial charge is 0.0388 e. The van der Waals surface area contributed by atoms with Gasteiger partial charge in [0.05, 0.1) is 0 Å². The quantitative estimate of drug-likeness (QED) is 0.656. The molecule has 1 N–H and O–H groups in total. The van der Waals surface area contributed by atoms with Crippen LogP contribution in [-0.4, -0.2) is 28.3 Å². The van der Waals surface area contributed by atoms with Crippen LogP contribution in [0.25, 0.3) is 0 Å². The molecule has 0 aliphatic heterocycles. The van der Waals surface area contributed by atoms with E-state index in [1.165, 1.54) is 0 Å². The number of hydrogen-bond donors (Lipinski definition) is 1. The molecule has 0 aliphatic carbocycles. The van der Waals surface area contributed by atoms with Gasteiger partial charge in [0.15, 0.2) is 0 Å². The second-order valence-corrected chi connectivity index (χ2v) is 4.99. The van der Waals surface area contributed by atoms with Crippen LogP contribution in [0, 0.1) is 0 Å². The largest absolute Gasteiger partial charge is 0.313 e. The van der Waals surface area contributed by atoms with Crippen molar-refractivity contribution in [2.45, 2.75) is 46.1 Å². The maximum Gasteiger partial charge on any atom is 0.0388 e. The fraction of sp³-hybridized carbons (Fsp3) is 1.00. The molecule has 0 rings (SSSR count). The van der Waals surface area contributed by atoms with E-state index in [-0.39, 0.29) is 0 Å². The molecule has 0 aromatic heterocycles. The predicted molar refractivity (Wildman–Crippen MR) is 60.5 cm³/mol. The normalized spacial score (nSPS) is 15.6. The van der Waals surface area contributed by atoms with Crippen molar-refractivity contribution in [1.82, 2.24) is 5.32 Å². The van der Waals surface area contributed by atoms with Crippen LogP contribution in [0.5, 0.6) is 0 Å². The molecule has 2 nitrogen and oxygen atoms in total.